The smallest absolute Gasteiger partial charge is 0.278 e. The molecule has 138 valence electrons. The lowest BCUT2D eigenvalue weighted by Gasteiger charge is -2.29. The minimum Gasteiger partial charge on any atom is -0.378 e. The first-order valence-electron chi connectivity index (χ1n) is 8.88. The highest BCUT2D eigenvalue weighted by molar-refractivity contribution is 6.35. The number of amides is 2. The van der Waals surface area contributed by atoms with Crippen molar-refractivity contribution in [3.63, 3.8) is 0 Å². The predicted molar refractivity (Wildman–Crippen MR) is 103 cm³/mol. The zero-order valence-electron chi connectivity index (χ0n) is 14.7. The van der Waals surface area contributed by atoms with Crippen molar-refractivity contribution < 1.29 is 14.3 Å². The average Bonchev–Trinajstić information content (AvgIpc) is 2.95. The van der Waals surface area contributed by atoms with Crippen LogP contribution in [0, 0.1) is 0 Å². The third kappa shape index (κ3) is 3.48. The molecule has 0 atom stereocenters. The molecule has 2 amide bonds. The lowest BCUT2D eigenvalue weighted by Crippen LogP contribution is -2.40. The Morgan fingerprint density at radius 2 is 1.56 bits per heavy atom. The molecular formula is C21H19ClN2O3. The molecule has 0 spiro atoms. The summed E-state index contributed by atoms with van der Waals surface area (Å²) in [6.07, 6.45) is 0. The summed E-state index contributed by atoms with van der Waals surface area (Å²) in [6, 6.07) is 16.6. The number of imide groups is 1. The molecule has 0 bridgehead atoms. The molecule has 1 fully saturated rings. The number of rotatable bonds is 4. The van der Waals surface area contributed by atoms with Crippen LogP contribution in [0.5, 0.6) is 0 Å². The zero-order chi connectivity index (χ0) is 18.8. The fourth-order valence-electron chi connectivity index (χ4n) is 3.42. The molecule has 4 rings (SSSR count). The van der Waals surface area contributed by atoms with Gasteiger partial charge in [0, 0.05) is 18.1 Å². The van der Waals surface area contributed by atoms with Crippen molar-refractivity contribution in [3.05, 3.63) is 76.4 Å². The maximum absolute atomic E-state index is 13.2. The second-order valence-corrected chi connectivity index (χ2v) is 6.95. The number of halogens is 1. The van der Waals surface area contributed by atoms with Gasteiger partial charge in [-0.2, -0.15) is 0 Å². The van der Waals surface area contributed by atoms with Crippen LogP contribution in [0.2, 0.25) is 5.02 Å². The van der Waals surface area contributed by atoms with Gasteiger partial charge in [-0.15, -0.1) is 0 Å². The number of benzene rings is 2. The third-order valence-corrected chi connectivity index (χ3v) is 5.04. The van der Waals surface area contributed by atoms with Gasteiger partial charge in [0.05, 0.1) is 25.3 Å². The van der Waals surface area contributed by atoms with E-state index in [1.165, 1.54) is 4.90 Å². The summed E-state index contributed by atoms with van der Waals surface area (Å²) < 4.78 is 5.41. The third-order valence-electron chi connectivity index (χ3n) is 4.79. The molecule has 0 unspecified atom stereocenters. The van der Waals surface area contributed by atoms with Crippen LogP contribution in [0.15, 0.2) is 60.3 Å². The van der Waals surface area contributed by atoms with E-state index in [-0.39, 0.29) is 18.4 Å². The van der Waals surface area contributed by atoms with Crippen molar-refractivity contribution in [1.82, 2.24) is 9.80 Å². The lowest BCUT2D eigenvalue weighted by molar-refractivity contribution is -0.138. The van der Waals surface area contributed by atoms with E-state index in [1.54, 1.807) is 12.1 Å². The van der Waals surface area contributed by atoms with E-state index in [4.69, 9.17) is 16.3 Å². The Bertz CT molecular complexity index is 887. The molecule has 2 aliphatic rings. The first kappa shape index (κ1) is 17.8. The summed E-state index contributed by atoms with van der Waals surface area (Å²) >= 11 is 5.94. The Morgan fingerprint density at radius 3 is 2.22 bits per heavy atom. The molecule has 6 heteroatoms. The minimum absolute atomic E-state index is 0.221. The highest BCUT2D eigenvalue weighted by atomic mass is 35.5. The van der Waals surface area contributed by atoms with Crippen molar-refractivity contribution in [3.8, 4) is 0 Å². The fourth-order valence-corrected chi connectivity index (χ4v) is 3.55. The molecule has 2 aliphatic heterocycles. The van der Waals surface area contributed by atoms with Crippen LogP contribution in [-0.2, 0) is 20.9 Å². The Kier molecular flexibility index (Phi) is 4.97. The Labute approximate surface area is 162 Å². The molecule has 2 heterocycles. The number of hydrogen-bond donors (Lipinski definition) is 0. The number of carbonyl (C=O) groups excluding carboxylic acids is 2. The molecule has 0 aromatic heterocycles. The first-order valence-corrected chi connectivity index (χ1v) is 9.26. The maximum atomic E-state index is 13.2. The van der Waals surface area contributed by atoms with Gasteiger partial charge in [0.2, 0.25) is 0 Å². The number of morpholine rings is 1. The van der Waals surface area contributed by atoms with Crippen molar-refractivity contribution in [2.24, 2.45) is 0 Å². The summed E-state index contributed by atoms with van der Waals surface area (Å²) in [5, 5.41) is 0.620. The summed E-state index contributed by atoms with van der Waals surface area (Å²) in [6.45, 7) is 2.51. The maximum Gasteiger partial charge on any atom is 0.278 e. The van der Waals surface area contributed by atoms with Crippen LogP contribution >= 0.6 is 11.6 Å². The van der Waals surface area contributed by atoms with E-state index >= 15 is 0 Å². The van der Waals surface area contributed by atoms with E-state index in [1.807, 2.05) is 47.4 Å². The molecule has 0 aliphatic carbocycles. The summed E-state index contributed by atoms with van der Waals surface area (Å²) in [5.74, 6) is -0.515. The number of carbonyl (C=O) groups is 2. The van der Waals surface area contributed by atoms with E-state index in [9.17, 15) is 9.59 Å². The SMILES string of the molecule is O=C1C(c2ccccc2)=C(N2CCOCC2)C(=O)N1Cc1ccc(Cl)cc1. The van der Waals surface area contributed by atoms with Crippen molar-refractivity contribution in [2.75, 3.05) is 26.3 Å². The predicted octanol–water partition coefficient (Wildman–Crippen LogP) is 2.95. The highest BCUT2D eigenvalue weighted by Gasteiger charge is 2.41. The molecule has 2 aromatic carbocycles. The minimum atomic E-state index is -0.261. The van der Waals surface area contributed by atoms with Crippen LogP contribution in [0.4, 0.5) is 0 Å². The van der Waals surface area contributed by atoms with Gasteiger partial charge >= 0.3 is 0 Å². The van der Waals surface area contributed by atoms with E-state index in [0.29, 0.717) is 42.6 Å². The van der Waals surface area contributed by atoms with E-state index in [2.05, 4.69) is 0 Å². The molecule has 27 heavy (non-hydrogen) atoms. The van der Waals surface area contributed by atoms with Crippen molar-refractivity contribution >= 4 is 29.0 Å². The van der Waals surface area contributed by atoms with Crippen LogP contribution in [-0.4, -0.2) is 47.9 Å². The standard InChI is InChI=1S/C21H19ClN2O3/c22-17-8-6-15(7-9-17)14-24-20(25)18(16-4-2-1-3-5-16)19(21(24)26)23-10-12-27-13-11-23/h1-9H,10-14H2. The summed E-state index contributed by atoms with van der Waals surface area (Å²) in [4.78, 5) is 29.7. The van der Waals surface area contributed by atoms with Gasteiger partial charge in [-0.3, -0.25) is 14.5 Å². The van der Waals surface area contributed by atoms with Crippen LogP contribution in [0.3, 0.4) is 0 Å². The van der Waals surface area contributed by atoms with Gasteiger partial charge in [-0.1, -0.05) is 54.1 Å². The Morgan fingerprint density at radius 1 is 0.889 bits per heavy atom. The molecular weight excluding hydrogens is 364 g/mol. The Hall–Kier alpha value is -2.63. The molecule has 2 aromatic rings. The van der Waals surface area contributed by atoms with Gasteiger partial charge in [-0.05, 0) is 23.3 Å². The zero-order valence-corrected chi connectivity index (χ0v) is 15.5. The molecule has 1 saturated heterocycles. The van der Waals surface area contributed by atoms with Crippen LogP contribution < -0.4 is 0 Å². The van der Waals surface area contributed by atoms with Crippen LogP contribution in [0.25, 0.3) is 5.57 Å². The topological polar surface area (TPSA) is 49.9 Å². The van der Waals surface area contributed by atoms with Crippen molar-refractivity contribution in [1.29, 1.82) is 0 Å². The number of ether oxygens (including phenoxy) is 1. The lowest BCUT2D eigenvalue weighted by atomic mass is 10.0. The van der Waals surface area contributed by atoms with Gasteiger partial charge < -0.3 is 9.64 Å². The van der Waals surface area contributed by atoms with Gasteiger partial charge in [0.1, 0.15) is 5.70 Å². The number of nitrogens with zero attached hydrogens (tertiary/aromatic N) is 2. The largest absolute Gasteiger partial charge is 0.378 e. The first-order chi connectivity index (χ1) is 13.1. The second kappa shape index (κ2) is 7.55. The number of hydrogen-bond acceptors (Lipinski definition) is 4. The molecule has 0 N–H and O–H groups in total. The van der Waals surface area contributed by atoms with Crippen molar-refractivity contribution in [2.45, 2.75) is 6.54 Å². The normalized spacial score (nSPS) is 17.8. The molecule has 5 nitrogen and oxygen atoms in total. The fraction of sp³-hybridized carbons (Fsp3) is 0.238. The second-order valence-electron chi connectivity index (χ2n) is 6.51. The van der Waals surface area contributed by atoms with Crippen LogP contribution in [0.1, 0.15) is 11.1 Å². The summed E-state index contributed by atoms with van der Waals surface area (Å²) in [5.41, 5.74) is 2.56. The monoisotopic (exact) mass is 382 g/mol. The van der Waals surface area contributed by atoms with Gasteiger partial charge in [0.25, 0.3) is 11.8 Å². The van der Waals surface area contributed by atoms with Gasteiger partial charge in [-0.25, -0.2) is 0 Å². The van der Waals surface area contributed by atoms with Gasteiger partial charge in [0.15, 0.2) is 0 Å². The average molecular weight is 383 g/mol. The van der Waals surface area contributed by atoms with E-state index in [0.717, 1.165) is 11.1 Å². The van der Waals surface area contributed by atoms with E-state index < -0.39 is 0 Å². The summed E-state index contributed by atoms with van der Waals surface area (Å²) in [7, 11) is 0. The quantitative estimate of drug-likeness (QED) is 0.763. The highest BCUT2D eigenvalue weighted by Crippen LogP contribution is 2.33. The Balaban J connectivity index is 1.71. The molecule has 0 radical (unpaired) electrons. The molecule has 0 saturated carbocycles.